The average molecular weight is 314 g/mol. The number of hydrogen-bond donors (Lipinski definition) is 1. The van der Waals surface area contributed by atoms with E-state index in [1.165, 1.54) is 0 Å². The molecule has 1 amide bonds. The summed E-state index contributed by atoms with van der Waals surface area (Å²) in [5, 5.41) is 7.08. The Morgan fingerprint density at radius 3 is 2.78 bits per heavy atom. The van der Waals surface area contributed by atoms with Crippen molar-refractivity contribution in [3.63, 3.8) is 0 Å². The van der Waals surface area contributed by atoms with E-state index >= 15 is 0 Å². The van der Waals surface area contributed by atoms with Gasteiger partial charge in [0, 0.05) is 44.0 Å². The molecule has 6 nitrogen and oxygen atoms in total. The molecular formula is C17H22N4O2. The Morgan fingerprint density at radius 1 is 1.35 bits per heavy atom. The van der Waals surface area contributed by atoms with Gasteiger partial charge in [-0.15, -0.1) is 0 Å². The third-order valence-corrected chi connectivity index (χ3v) is 4.05. The van der Waals surface area contributed by atoms with Gasteiger partial charge in [-0.25, -0.2) is 0 Å². The SMILES string of the molecule is CCCc1cc(C(=O)N2CCC(Oc3ccncc3)CC2)n[nH]1. The van der Waals surface area contributed by atoms with Crippen molar-refractivity contribution in [3.05, 3.63) is 42.0 Å². The first-order valence-electron chi connectivity index (χ1n) is 8.16. The van der Waals surface area contributed by atoms with Gasteiger partial charge in [0.25, 0.3) is 5.91 Å². The van der Waals surface area contributed by atoms with Gasteiger partial charge in [-0.1, -0.05) is 13.3 Å². The number of H-pyrrole nitrogens is 1. The topological polar surface area (TPSA) is 71.1 Å². The van der Waals surface area contributed by atoms with Crippen LogP contribution in [0.3, 0.4) is 0 Å². The van der Waals surface area contributed by atoms with Crippen LogP contribution in [0.4, 0.5) is 0 Å². The average Bonchev–Trinajstić information content (AvgIpc) is 3.05. The number of ether oxygens (including phenoxy) is 1. The fourth-order valence-corrected chi connectivity index (χ4v) is 2.82. The van der Waals surface area contributed by atoms with Crippen LogP contribution < -0.4 is 4.74 Å². The first-order valence-corrected chi connectivity index (χ1v) is 8.16. The van der Waals surface area contributed by atoms with Crippen molar-refractivity contribution in [2.24, 2.45) is 0 Å². The van der Waals surface area contributed by atoms with E-state index in [0.29, 0.717) is 18.8 Å². The second kappa shape index (κ2) is 7.26. The van der Waals surface area contributed by atoms with Gasteiger partial charge in [0.2, 0.25) is 0 Å². The van der Waals surface area contributed by atoms with Gasteiger partial charge in [-0.2, -0.15) is 5.10 Å². The number of hydrogen-bond acceptors (Lipinski definition) is 4. The molecule has 6 heteroatoms. The van der Waals surface area contributed by atoms with E-state index in [9.17, 15) is 4.79 Å². The molecule has 1 N–H and O–H groups in total. The molecule has 122 valence electrons. The normalized spacial score (nSPS) is 15.6. The van der Waals surface area contributed by atoms with Gasteiger partial charge in [-0.3, -0.25) is 14.9 Å². The monoisotopic (exact) mass is 314 g/mol. The molecule has 0 radical (unpaired) electrons. The molecule has 1 saturated heterocycles. The van der Waals surface area contributed by atoms with E-state index in [2.05, 4.69) is 22.1 Å². The van der Waals surface area contributed by atoms with Gasteiger partial charge >= 0.3 is 0 Å². The summed E-state index contributed by atoms with van der Waals surface area (Å²) >= 11 is 0. The number of rotatable bonds is 5. The minimum absolute atomic E-state index is 0.00552. The van der Waals surface area contributed by atoms with Crippen molar-refractivity contribution in [1.29, 1.82) is 0 Å². The summed E-state index contributed by atoms with van der Waals surface area (Å²) in [4.78, 5) is 18.3. The Balaban J connectivity index is 1.52. The van der Waals surface area contributed by atoms with Crippen LogP contribution in [0.2, 0.25) is 0 Å². The first-order chi connectivity index (χ1) is 11.3. The second-order valence-electron chi connectivity index (χ2n) is 5.82. The van der Waals surface area contributed by atoms with Gasteiger partial charge in [0.1, 0.15) is 17.5 Å². The maximum atomic E-state index is 12.5. The standard InChI is InChI=1S/C17H22N4O2/c1-2-3-13-12-16(20-19-13)17(22)21-10-6-15(7-11-21)23-14-4-8-18-9-5-14/h4-5,8-9,12,15H,2-3,6-7,10-11H2,1H3,(H,19,20). The number of nitrogens with one attached hydrogen (secondary N) is 1. The molecule has 0 atom stereocenters. The van der Waals surface area contributed by atoms with Crippen LogP contribution in [0, 0.1) is 0 Å². The molecule has 0 unspecified atom stereocenters. The van der Waals surface area contributed by atoms with Crippen molar-refractivity contribution < 1.29 is 9.53 Å². The number of amides is 1. The molecule has 0 bridgehead atoms. The smallest absolute Gasteiger partial charge is 0.274 e. The number of aromatic nitrogens is 3. The largest absolute Gasteiger partial charge is 0.490 e. The summed E-state index contributed by atoms with van der Waals surface area (Å²) in [6.07, 6.45) is 7.21. The van der Waals surface area contributed by atoms with E-state index < -0.39 is 0 Å². The van der Waals surface area contributed by atoms with Crippen LogP contribution in [-0.4, -0.2) is 45.2 Å². The van der Waals surface area contributed by atoms with E-state index in [1.54, 1.807) is 12.4 Å². The molecule has 1 fully saturated rings. The second-order valence-corrected chi connectivity index (χ2v) is 5.82. The molecule has 23 heavy (non-hydrogen) atoms. The maximum Gasteiger partial charge on any atom is 0.274 e. The summed E-state index contributed by atoms with van der Waals surface area (Å²) in [6.45, 7) is 3.50. The Kier molecular flexibility index (Phi) is 4.90. The molecular weight excluding hydrogens is 292 g/mol. The Labute approximate surface area is 135 Å². The highest BCUT2D eigenvalue weighted by Gasteiger charge is 2.26. The lowest BCUT2D eigenvalue weighted by Crippen LogP contribution is -2.41. The van der Waals surface area contributed by atoms with Crippen LogP contribution in [0.25, 0.3) is 0 Å². The maximum absolute atomic E-state index is 12.5. The minimum atomic E-state index is 0.00552. The fraction of sp³-hybridized carbons (Fsp3) is 0.471. The summed E-state index contributed by atoms with van der Waals surface area (Å²) < 4.78 is 5.93. The summed E-state index contributed by atoms with van der Waals surface area (Å²) in [7, 11) is 0. The highest BCUT2D eigenvalue weighted by Crippen LogP contribution is 2.19. The van der Waals surface area contributed by atoms with Crippen molar-refractivity contribution >= 4 is 5.91 Å². The lowest BCUT2D eigenvalue weighted by molar-refractivity contribution is 0.0590. The first kappa shape index (κ1) is 15.5. The molecule has 3 heterocycles. The van der Waals surface area contributed by atoms with Crippen LogP contribution >= 0.6 is 0 Å². The van der Waals surface area contributed by atoms with E-state index in [4.69, 9.17) is 4.74 Å². The number of likely N-dealkylation sites (tertiary alicyclic amines) is 1. The van der Waals surface area contributed by atoms with Crippen molar-refractivity contribution in [2.45, 2.75) is 38.7 Å². The minimum Gasteiger partial charge on any atom is -0.490 e. The third kappa shape index (κ3) is 3.88. The van der Waals surface area contributed by atoms with Gasteiger partial charge in [0.05, 0.1) is 0 Å². The number of nitrogens with zero attached hydrogens (tertiary/aromatic N) is 3. The molecule has 2 aromatic heterocycles. The van der Waals surface area contributed by atoms with Crippen molar-refractivity contribution in [1.82, 2.24) is 20.1 Å². The number of pyridine rings is 1. The van der Waals surface area contributed by atoms with Crippen LogP contribution in [0.5, 0.6) is 5.75 Å². The Bertz CT molecular complexity index is 633. The van der Waals surface area contributed by atoms with E-state index in [0.717, 1.165) is 37.1 Å². The summed E-state index contributed by atoms with van der Waals surface area (Å²) in [5.41, 5.74) is 1.54. The lowest BCUT2D eigenvalue weighted by Gasteiger charge is -2.31. The zero-order valence-electron chi connectivity index (χ0n) is 13.4. The zero-order chi connectivity index (χ0) is 16.1. The third-order valence-electron chi connectivity index (χ3n) is 4.05. The van der Waals surface area contributed by atoms with Gasteiger partial charge in [0.15, 0.2) is 0 Å². The molecule has 0 spiro atoms. The zero-order valence-corrected chi connectivity index (χ0v) is 13.4. The van der Waals surface area contributed by atoms with Crippen molar-refractivity contribution in [3.8, 4) is 5.75 Å². The molecule has 1 aliphatic heterocycles. The Morgan fingerprint density at radius 2 is 2.09 bits per heavy atom. The quantitative estimate of drug-likeness (QED) is 0.920. The number of carbonyl (C=O) groups excluding carboxylic acids is 1. The highest BCUT2D eigenvalue weighted by molar-refractivity contribution is 5.92. The van der Waals surface area contributed by atoms with Crippen LogP contribution in [0.15, 0.2) is 30.6 Å². The molecule has 0 saturated carbocycles. The summed E-state index contributed by atoms with van der Waals surface area (Å²) in [6, 6.07) is 5.58. The highest BCUT2D eigenvalue weighted by atomic mass is 16.5. The van der Waals surface area contributed by atoms with E-state index in [1.807, 2.05) is 23.1 Å². The van der Waals surface area contributed by atoms with Crippen LogP contribution in [-0.2, 0) is 6.42 Å². The molecule has 0 aromatic carbocycles. The van der Waals surface area contributed by atoms with Crippen molar-refractivity contribution in [2.75, 3.05) is 13.1 Å². The number of piperidine rings is 1. The van der Waals surface area contributed by atoms with E-state index in [-0.39, 0.29) is 12.0 Å². The number of aromatic amines is 1. The fourth-order valence-electron chi connectivity index (χ4n) is 2.82. The predicted octanol–water partition coefficient (Wildman–Crippen LogP) is 2.44. The number of aryl methyl sites for hydroxylation is 1. The van der Waals surface area contributed by atoms with Gasteiger partial charge in [-0.05, 0) is 24.6 Å². The molecule has 2 aromatic rings. The molecule has 3 rings (SSSR count). The molecule has 1 aliphatic rings. The van der Waals surface area contributed by atoms with Crippen LogP contribution in [0.1, 0.15) is 42.4 Å². The number of carbonyl (C=O) groups is 1. The summed E-state index contributed by atoms with van der Waals surface area (Å²) in [5.74, 6) is 0.840. The lowest BCUT2D eigenvalue weighted by atomic mass is 10.1. The Hall–Kier alpha value is -2.37. The molecule has 0 aliphatic carbocycles. The predicted molar refractivity (Wildman–Crippen MR) is 86.4 cm³/mol. The van der Waals surface area contributed by atoms with Gasteiger partial charge < -0.3 is 9.64 Å².